The molecule has 0 bridgehead atoms. The van der Waals surface area contributed by atoms with Crippen molar-refractivity contribution < 1.29 is 19.1 Å². The van der Waals surface area contributed by atoms with Crippen LogP contribution < -0.4 is 4.90 Å². The summed E-state index contributed by atoms with van der Waals surface area (Å²) >= 11 is 1.28. The van der Waals surface area contributed by atoms with Gasteiger partial charge in [0.25, 0.3) is 0 Å². The summed E-state index contributed by atoms with van der Waals surface area (Å²) in [5.41, 5.74) is 0.605. The zero-order chi connectivity index (χ0) is 22.5. The monoisotopic (exact) mass is 443 g/mol. The van der Waals surface area contributed by atoms with Gasteiger partial charge in [-0.1, -0.05) is 32.6 Å². The summed E-state index contributed by atoms with van der Waals surface area (Å²) in [6.07, 6.45) is 6.08. The molecule has 2 fully saturated rings. The van der Waals surface area contributed by atoms with Gasteiger partial charge < -0.3 is 9.64 Å². The molecule has 2 aliphatic rings. The lowest BCUT2D eigenvalue weighted by atomic mass is 9.81. The number of hydrogen-bond donors (Lipinski definition) is 0. The Bertz CT molecular complexity index is 873. The van der Waals surface area contributed by atoms with E-state index in [1.54, 1.807) is 0 Å². The van der Waals surface area contributed by atoms with Crippen LogP contribution in [0.2, 0.25) is 0 Å². The number of nitrogens with zero attached hydrogens (tertiary/aromatic N) is 1. The summed E-state index contributed by atoms with van der Waals surface area (Å²) in [7, 11) is 1.36. The molecule has 0 N–H and O–H groups in total. The Kier molecular flexibility index (Phi) is 7.94. The van der Waals surface area contributed by atoms with Gasteiger partial charge in [0.1, 0.15) is 10.7 Å². The second kappa shape index (κ2) is 10.5. The number of carbonyl (C=O) groups excluding carboxylic acids is 3. The van der Waals surface area contributed by atoms with E-state index < -0.39 is 5.97 Å². The van der Waals surface area contributed by atoms with Crippen molar-refractivity contribution in [1.29, 1.82) is 0 Å². The third kappa shape index (κ3) is 5.77. The Morgan fingerprint density at radius 3 is 2.35 bits per heavy atom. The van der Waals surface area contributed by atoms with Gasteiger partial charge in [0.05, 0.1) is 17.7 Å². The zero-order valence-electron chi connectivity index (χ0n) is 19.0. The number of hydrogen-bond acceptors (Lipinski definition) is 5. The van der Waals surface area contributed by atoms with E-state index in [1.807, 2.05) is 24.8 Å². The second-order valence-electron chi connectivity index (χ2n) is 9.18. The molecule has 0 saturated heterocycles. The third-order valence-corrected chi connectivity index (χ3v) is 7.33. The molecule has 2 saturated carbocycles. The quantitative estimate of drug-likeness (QED) is 0.473. The standard InChI is InChI=1S/C25H33NO4S/c1-16(2)5-14-21-15-22(23(31-21)25(29)30-4)26(19-10-12-20(27)13-11-19)24(28)18-8-6-17(3)7-9-18/h15-19H,6-13H2,1-4H3/t17-,18-. The highest BCUT2D eigenvalue weighted by Gasteiger charge is 2.37. The molecule has 2 aliphatic carbocycles. The first-order valence-corrected chi connectivity index (χ1v) is 12.2. The van der Waals surface area contributed by atoms with Crippen LogP contribution in [0.25, 0.3) is 0 Å². The molecule has 1 aromatic heterocycles. The number of ketones is 1. The minimum atomic E-state index is -0.445. The van der Waals surface area contributed by atoms with Gasteiger partial charge in [-0.25, -0.2) is 4.79 Å². The predicted molar refractivity (Wildman–Crippen MR) is 123 cm³/mol. The molecule has 1 amide bonds. The molecular formula is C25H33NO4S. The Balaban J connectivity index is 2.01. The Morgan fingerprint density at radius 2 is 1.77 bits per heavy atom. The highest BCUT2D eigenvalue weighted by Crippen LogP contribution is 2.38. The van der Waals surface area contributed by atoms with Crippen molar-refractivity contribution in [3.8, 4) is 11.8 Å². The maximum Gasteiger partial charge on any atom is 0.350 e. The largest absolute Gasteiger partial charge is 0.465 e. The van der Waals surface area contributed by atoms with Crippen LogP contribution in [0.15, 0.2) is 6.07 Å². The number of Topliss-reactive ketones (excluding diaryl/α,β-unsaturated/α-hetero) is 1. The summed E-state index contributed by atoms with van der Waals surface area (Å²) < 4.78 is 5.04. The summed E-state index contributed by atoms with van der Waals surface area (Å²) in [5, 5.41) is 0. The van der Waals surface area contributed by atoms with Crippen LogP contribution >= 0.6 is 11.3 Å². The van der Waals surface area contributed by atoms with Crippen LogP contribution in [0, 0.1) is 29.6 Å². The topological polar surface area (TPSA) is 63.7 Å². The second-order valence-corrected chi connectivity index (χ2v) is 10.2. The van der Waals surface area contributed by atoms with Gasteiger partial charge in [-0.3, -0.25) is 9.59 Å². The van der Waals surface area contributed by atoms with Crippen LogP contribution in [0.5, 0.6) is 0 Å². The van der Waals surface area contributed by atoms with Crippen molar-refractivity contribution in [3.63, 3.8) is 0 Å². The van der Waals surface area contributed by atoms with Crippen molar-refractivity contribution >= 4 is 34.7 Å². The van der Waals surface area contributed by atoms with Crippen LogP contribution in [0.4, 0.5) is 5.69 Å². The summed E-state index contributed by atoms with van der Waals surface area (Å²) in [6.45, 7) is 6.27. The lowest BCUT2D eigenvalue weighted by molar-refractivity contribution is -0.125. The van der Waals surface area contributed by atoms with Crippen molar-refractivity contribution in [2.75, 3.05) is 12.0 Å². The van der Waals surface area contributed by atoms with Gasteiger partial charge in [0.15, 0.2) is 0 Å². The number of carbonyl (C=O) groups is 3. The fraction of sp³-hybridized carbons (Fsp3) is 0.640. The summed E-state index contributed by atoms with van der Waals surface area (Å²) in [4.78, 5) is 41.3. The maximum atomic E-state index is 13.8. The maximum absolute atomic E-state index is 13.8. The number of methoxy groups -OCH3 is 1. The number of amides is 1. The zero-order valence-corrected chi connectivity index (χ0v) is 19.8. The molecule has 0 aromatic carbocycles. The SMILES string of the molecule is COC(=O)c1sc(C#CC(C)C)cc1N(C(=O)[C@H]1CC[C@H](C)CC1)C1CCC(=O)CC1. The first kappa shape index (κ1) is 23.5. The number of thiophene rings is 1. The highest BCUT2D eigenvalue weighted by molar-refractivity contribution is 7.15. The molecule has 0 spiro atoms. The minimum absolute atomic E-state index is 0.0376. The molecular weight excluding hydrogens is 410 g/mol. The van der Waals surface area contributed by atoms with E-state index in [-0.39, 0.29) is 29.6 Å². The van der Waals surface area contributed by atoms with Crippen LogP contribution in [0.3, 0.4) is 0 Å². The molecule has 0 atom stereocenters. The van der Waals surface area contributed by atoms with Gasteiger partial charge in [0, 0.05) is 30.7 Å². The minimum Gasteiger partial charge on any atom is -0.465 e. The first-order chi connectivity index (χ1) is 14.8. The van der Waals surface area contributed by atoms with E-state index in [9.17, 15) is 14.4 Å². The van der Waals surface area contributed by atoms with Crippen molar-refractivity contribution in [3.05, 3.63) is 15.8 Å². The van der Waals surface area contributed by atoms with E-state index in [0.717, 1.165) is 30.6 Å². The molecule has 0 aliphatic heterocycles. The molecule has 0 radical (unpaired) electrons. The van der Waals surface area contributed by atoms with E-state index in [4.69, 9.17) is 4.74 Å². The lowest BCUT2D eigenvalue weighted by Crippen LogP contribution is -2.46. The van der Waals surface area contributed by atoms with Crippen LogP contribution in [0.1, 0.15) is 86.7 Å². The van der Waals surface area contributed by atoms with E-state index in [0.29, 0.717) is 42.2 Å². The molecule has 1 aromatic rings. The smallest absolute Gasteiger partial charge is 0.350 e. The fourth-order valence-electron chi connectivity index (χ4n) is 4.46. The average molecular weight is 444 g/mol. The number of anilines is 1. The number of esters is 1. The fourth-order valence-corrected chi connectivity index (χ4v) is 5.39. The summed E-state index contributed by atoms with van der Waals surface area (Å²) in [6, 6.07) is 1.79. The number of ether oxygens (including phenoxy) is 1. The van der Waals surface area contributed by atoms with Gasteiger partial charge in [-0.05, 0) is 50.5 Å². The van der Waals surface area contributed by atoms with Crippen molar-refractivity contribution in [1.82, 2.24) is 0 Å². The molecule has 1 heterocycles. The van der Waals surface area contributed by atoms with E-state index >= 15 is 0 Å². The molecule has 3 rings (SSSR count). The predicted octanol–water partition coefficient (Wildman–Crippen LogP) is 5.21. The average Bonchev–Trinajstić information content (AvgIpc) is 3.17. The van der Waals surface area contributed by atoms with Crippen LogP contribution in [-0.2, 0) is 14.3 Å². The van der Waals surface area contributed by atoms with Gasteiger partial charge >= 0.3 is 5.97 Å². The van der Waals surface area contributed by atoms with E-state index in [1.165, 1.54) is 18.4 Å². The third-order valence-electron chi connectivity index (χ3n) is 6.31. The molecule has 6 heteroatoms. The normalized spacial score (nSPS) is 22.0. The van der Waals surface area contributed by atoms with Gasteiger partial charge in [-0.15, -0.1) is 11.3 Å². The Labute approximate surface area is 189 Å². The van der Waals surface area contributed by atoms with Gasteiger partial charge in [-0.2, -0.15) is 0 Å². The summed E-state index contributed by atoms with van der Waals surface area (Å²) in [5.74, 6) is 6.98. The Morgan fingerprint density at radius 1 is 1.13 bits per heavy atom. The molecule has 5 nitrogen and oxygen atoms in total. The van der Waals surface area contributed by atoms with Crippen LogP contribution in [-0.4, -0.2) is 30.8 Å². The molecule has 31 heavy (non-hydrogen) atoms. The molecule has 0 unspecified atom stereocenters. The highest BCUT2D eigenvalue weighted by atomic mass is 32.1. The van der Waals surface area contributed by atoms with E-state index in [2.05, 4.69) is 18.8 Å². The number of rotatable bonds is 4. The van der Waals surface area contributed by atoms with Crippen molar-refractivity contribution in [2.45, 2.75) is 78.2 Å². The van der Waals surface area contributed by atoms with Crippen molar-refractivity contribution in [2.24, 2.45) is 17.8 Å². The lowest BCUT2D eigenvalue weighted by Gasteiger charge is -2.37. The Hall–Kier alpha value is -2.13. The first-order valence-electron chi connectivity index (χ1n) is 11.4. The van der Waals surface area contributed by atoms with Gasteiger partial charge in [0.2, 0.25) is 5.91 Å². The molecule has 168 valence electrons.